The number of hydrogen-bond donors (Lipinski definition) is 0. The van der Waals surface area contributed by atoms with Gasteiger partial charge < -0.3 is 0 Å². The number of aromatic nitrogens is 3. The van der Waals surface area contributed by atoms with Crippen LogP contribution in [0.4, 0.5) is 0 Å². The van der Waals surface area contributed by atoms with Crippen LogP contribution in [0.15, 0.2) is 18.2 Å². The topological polar surface area (TPSA) is 113 Å². The molecule has 0 bridgehead atoms. The lowest BCUT2D eigenvalue weighted by Gasteiger charge is -2.17. The normalized spacial score (nSPS) is 14.0. The molecule has 1 aliphatic heterocycles. The van der Waals surface area contributed by atoms with Gasteiger partial charge in [0.2, 0.25) is 0 Å². The van der Waals surface area contributed by atoms with Gasteiger partial charge in [0.1, 0.15) is 16.7 Å². The van der Waals surface area contributed by atoms with E-state index >= 15 is 0 Å². The lowest BCUT2D eigenvalue weighted by molar-refractivity contribution is -2.00. The highest BCUT2D eigenvalue weighted by Gasteiger charge is 2.27. The fraction of sp³-hybridized carbons (Fsp3) is 0.375. The van der Waals surface area contributed by atoms with Gasteiger partial charge in [0.05, 0.1) is 12.2 Å². The highest BCUT2D eigenvalue weighted by atomic mass is 35.7. The van der Waals surface area contributed by atoms with Gasteiger partial charge in [-0.15, -0.1) is 10.2 Å². The monoisotopic (exact) mass is 351 g/mol. The Balaban J connectivity index is 0.000000300. The van der Waals surface area contributed by atoms with E-state index in [1.165, 1.54) is 40.7 Å². The van der Waals surface area contributed by atoms with Crippen LogP contribution in [-0.4, -0.2) is 9.38 Å². The quantitative estimate of drug-likeness (QED) is 0.430. The largest absolute Gasteiger partial charge is 0.404 e. The van der Waals surface area contributed by atoms with Gasteiger partial charge in [0, 0.05) is 5.56 Å². The number of nitrogens with zero attached hydrogens (tertiary/aromatic N) is 3. The van der Waals surface area contributed by atoms with Crippen molar-refractivity contribution in [3.63, 3.8) is 0 Å². The van der Waals surface area contributed by atoms with Crippen LogP contribution in [-0.2, 0) is 13.0 Å². The van der Waals surface area contributed by atoms with Crippen molar-refractivity contribution in [2.24, 2.45) is 0 Å². The number of para-hydroxylation sites is 1. The molecule has 0 N–H and O–H groups in total. The summed E-state index contributed by atoms with van der Waals surface area (Å²) in [7, 11) is -4.94. The Hall–Kier alpha value is -1.77. The number of benzene rings is 1. The van der Waals surface area contributed by atoms with E-state index < -0.39 is 10.2 Å². The lowest BCUT2D eigenvalue weighted by Crippen LogP contribution is -2.68. The first-order valence-corrected chi connectivity index (χ1v) is 8.83. The van der Waals surface area contributed by atoms with Gasteiger partial charge in [-0.25, -0.2) is 23.2 Å². The fourth-order valence-corrected chi connectivity index (χ4v) is 3.34. The third-order valence-electron chi connectivity index (χ3n) is 4.57. The second-order valence-corrected chi connectivity index (χ2v) is 6.72. The van der Waals surface area contributed by atoms with Crippen molar-refractivity contribution in [2.45, 2.75) is 40.2 Å². The van der Waals surface area contributed by atoms with Crippen molar-refractivity contribution in [1.82, 2.24) is 9.38 Å². The van der Waals surface area contributed by atoms with E-state index in [2.05, 4.69) is 47.9 Å². The Morgan fingerprint density at radius 1 is 1.12 bits per heavy atom. The molecule has 128 valence electrons. The molecular weight excluding hydrogens is 334 g/mol. The molecule has 24 heavy (non-hydrogen) atoms. The summed E-state index contributed by atoms with van der Waals surface area (Å²) in [5.41, 5.74) is 7.90. The van der Waals surface area contributed by atoms with Crippen LogP contribution in [0.3, 0.4) is 0 Å². The molecule has 0 spiro atoms. The molecule has 2 aromatic heterocycles. The van der Waals surface area contributed by atoms with Gasteiger partial charge in [0.25, 0.3) is 0 Å². The molecule has 3 aromatic rings. The van der Waals surface area contributed by atoms with Gasteiger partial charge in [0.15, 0.2) is 0 Å². The minimum atomic E-state index is -4.94. The maximum Gasteiger partial charge on any atom is 0.404 e. The highest BCUT2D eigenvalue weighted by molar-refractivity contribution is 5.79. The molecule has 0 aliphatic carbocycles. The molecule has 0 atom stereocenters. The van der Waals surface area contributed by atoms with E-state index in [0.717, 1.165) is 18.0 Å². The molecule has 3 heterocycles. The second kappa shape index (κ2) is 5.94. The molecule has 0 fully saturated rings. The zero-order chi connectivity index (χ0) is 17.6. The Morgan fingerprint density at radius 2 is 1.79 bits per heavy atom. The Morgan fingerprint density at radius 3 is 2.46 bits per heavy atom. The van der Waals surface area contributed by atoms with E-state index in [1.54, 1.807) is 0 Å². The van der Waals surface area contributed by atoms with Crippen molar-refractivity contribution in [3.05, 3.63) is 40.7 Å². The minimum Gasteiger partial charge on any atom is -0.224 e. The first kappa shape index (κ1) is 17.1. The highest BCUT2D eigenvalue weighted by Crippen LogP contribution is 2.25. The van der Waals surface area contributed by atoms with Crippen LogP contribution in [0.5, 0.6) is 0 Å². The SMILES string of the molecule is Cc1nc2n(c(C)c1C)c1cccc3c1[n+]2CCC3.[O-][Cl+3]([O-])([O-])[O-]. The number of aryl methyl sites for hydroxylation is 4. The average Bonchev–Trinajstić information content (AvgIpc) is 2.80. The van der Waals surface area contributed by atoms with Gasteiger partial charge in [-0.1, -0.05) is 17.1 Å². The molecule has 4 rings (SSSR count). The van der Waals surface area contributed by atoms with Gasteiger partial charge in [-0.2, -0.15) is 4.40 Å². The molecule has 0 saturated carbocycles. The van der Waals surface area contributed by atoms with Gasteiger partial charge in [-0.05, 0) is 45.2 Å². The fourth-order valence-electron chi connectivity index (χ4n) is 3.34. The molecule has 7 nitrogen and oxygen atoms in total. The van der Waals surface area contributed by atoms with Crippen molar-refractivity contribution < 1.29 is 33.4 Å². The number of halogens is 1. The van der Waals surface area contributed by atoms with Crippen LogP contribution < -0.4 is 23.2 Å². The Bertz CT molecular complexity index is 925. The summed E-state index contributed by atoms with van der Waals surface area (Å²) in [6, 6.07) is 6.65. The van der Waals surface area contributed by atoms with E-state index in [4.69, 9.17) is 23.6 Å². The first-order chi connectivity index (χ1) is 11.2. The summed E-state index contributed by atoms with van der Waals surface area (Å²) < 4.78 is 38.7. The van der Waals surface area contributed by atoms with Gasteiger partial charge in [-0.3, -0.25) is 0 Å². The van der Waals surface area contributed by atoms with E-state index in [9.17, 15) is 0 Å². The van der Waals surface area contributed by atoms with Crippen LogP contribution >= 0.6 is 0 Å². The molecule has 1 aliphatic rings. The number of fused-ring (bicyclic) bond motifs is 3. The molecule has 8 heteroatoms. The third kappa shape index (κ3) is 2.97. The molecule has 0 saturated heterocycles. The van der Waals surface area contributed by atoms with E-state index in [-0.39, 0.29) is 0 Å². The first-order valence-electron chi connectivity index (χ1n) is 7.60. The van der Waals surface area contributed by atoms with Crippen molar-refractivity contribution >= 4 is 16.8 Å². The van der Waals surface area contributed by atoms with Crippen LogP contribution in [0.1, 0.15) is 28.9 Å². The standard InChI is InChI=1S/C16H18N3.ClHO4/c1-10-11(2)17-16-18-9-5-7-13-6-4-8-14(15(13)18)19(16)12(10)3;2-1(3,4)5/h4,6,8H,5,7,9H2,1-3H3;(H,2,3,4,5)/q+1;/p-1. The maximum absolute atomic E-state index is 8.49. The number of rotatable bonds is 0. The molecule has 0 unspecified atom stereocenters. The Labute approximate surface area is 141 Å². The lowest BCUT2D eigenvalue weighted by atomic mass is 10.0. The minimum absolute atomic E-state index is 1.08. The summed E-state index contributed by atoms with van der Waals surface area (Å²) in [4.78, 5) is 4.84. The molecular formula is C16H18ClN3O4. The maximum atomic E-state index is 8.49. The van der Waals surface area contributed by atoms with Gasteiger partial charge >= 0.3 is 5.78 Å². The van der Waals surface area contributed by atoms with Crippen LogP contribution in [0.25, 0.3) is 16.8 Å². The summed E-state index contributed by atoms with van der Waals surface area (Å²) >= 11 is 0. The Kier molecular flexibility index (Phi) is 4.23. The number of imidazole rings is 1. The van der Waals surface area contributed by atoms with Crippen LogP contribution in [0, 0.1) is 31.0 Å². The molecule has 0 amide bonds. The van der Waals surface area contributed by atoms with Crippen molar-refractivity contribution in [2.75, 3.05) is 0 Å². The van der Waals surface area contributed by atoms with E-state index in [0.29, 0.717) is 0 Å². The third-order valence-corrected chi connectivity index (χ3v) is 4.57. The second-order valence-electron chi connectivity index (χ2n) is 5.96. The van der Waals surface area contributed by atoms with Crippen LogP contribution in [0.2, 0.25) is 0 Å². The van der Waals surface area contributed by atoms with Crippen molar-refractivity contribution in [3.8, 4) is 0 Å². The zero-order valence-corrected chi connectivity index (χ0v) is 14.5. The molecule has 0 radical (unpaired) electrons. The summed E-state index contributed by atoms with van der Waals surface area (Å²) in [5.74, 6) is 1.10. The molecule has 1 aromatic carbocycles. The summed E-state index contributed by atoms with van der Waals surface area (Å²) in [6.45, 7) is 7.55. The smallest absolute Gasteiger partial charge is 0.224 e. The predicted octanol–water partition coefficient (Wildman–Crippen LogP) is -2.11. The summed E-state index contributed by atoms with van der Waals surface area (Å²) in [6.07, 6.45) is 2.40. The average molecular weight is 352 g/mol. The summed E-state index contributed by atoms with van der Waals surface area (Å²) in [5, 5.41) is 0. The zero-order valence-electron chi connectivity index (χ0n) is 13.7. The van der Waals surface area contributed by atoms with E-state index in [1.807, 2.05) is 0 Å². The van der Waals surface area contributed by atoms with Crippen molar-refractivity contribution in [1.29, 1.82) is 0 Å². The predicted molar refractivity (Wildman–Crippen MR) is 75.4 cm³/mol. The number of hydrogen-bond acceptors (Lipinski definition) is 5.